The molecular weight excluding hydrogens is 372 g/mol. The molecule has 136 valence electrons. The van der Waals surface area contributed by atoms with Crippen LogP contribution in [0.3, 0.4) is 0 Å². The maximum Gasteiger partial charge on any atom is 0.251 e. The smallest absolute Gasteiger partial charge is 0.251 e. The van der Waals surface area contributed by atoms with Gasteiger partial charge in [-0.2, -0.15) is 4.31 Å². The van der Waals surface area contributed by atoms with Crippen molar-refractivity contribution < 1.29 is 13.2 Å². The maximum atomic E-state index is 13.1. The highest BCUT2D eigenvalue weighted by Crippen LogP contribution is 2.30. The number of nitrogens with zero attached hydrogens (tertiary/aromatic N) is 1. The first-order chi connectivity index (χ1) is 12.4. The number of amides is 1. The molecule has 1 N–H and O–H groups in total. The Labute approximate surface area is 158 Å². The molecule has 0 atom stereocenters. The lowest BCUT2D eigenvalue weighted by molar-refractivity contribution is 0.0951. The monoisotopic (exact) mass is 390 g/mol. The quantitative estimate of drug-likeness (QED) is 0.872. The average Bonchev–Trinajstić information content (AvgIpc) is 3.45. The normalized spacial score (nSPS) is 17.6. The second-order valence-corrected chi connectivity index (χ2v) is 9.06. The van der Waals surface area contributed by atoms with Gasteiger partial charge < -0.3 is 5.32 Å². The van der Waals surface area contributed by atoms with E-state index in [1.807, 2.05) is 24.3 Å². The first-order valence-electron chi connectivity index (χ1n) is 8.62. The molecule has 1 amide bonds. The van der Waals surface area contributed by atoms with Gasteiger partial charge in [-0.25, -0.2) is 8.42 Å². The summed E-state index contributed by atoms with van der Waals surface area (Å²) in [5, 5.41) is 3.00. The van der Waals surface area contributed by atoms with Gasteiger partial charge in [-0.05, 0) is 48.6 Å². The van der Waals surface area contributed by atoms with E-state index in [1.165, 1.54) is 22.0 Å². The van der Waals surface area contributed by atoms with Crippen LogP contribution in [0.25, 0.3) is 0 Å². The van der Waals surface area contributed by atoms with Crippen molar-refractivity contribution in [3.05, 3.63) is 64.2 Å². The van der Waals surface area contributed by atoms with Gasteiger partial charge in [0.1, 0.15) is 4.90 Å². The summed E-state index contributed by atoms with van der Waals surface area (Å²) in [6, 6.07) is 12.5. The van der Waals surface area contributed by atoms with Gasteiger partial charge in [-0.15, -0.1) is 0 Å². The molecule has 2 aromatic rings. The van der Waals surface area contributed by atoms with Crippen molar-refractivity contribution >= 4 is 27.5 Å². The fraction of sp³-hybridized carbons (Fsp3) is 0.316. The predicted octanol–water partition coefficient (Wildman–Crippen LogP) is 2.98. The molecule has 1 aliphatic heterocycles. The number of sulfonamides is 1. The van der Waals surface area contributed by atoms with Gasteiger partial charge in [0, 0.05) is 24.7 Å². The van der Waals surface area contributed by atoms with Gasteiger partial charge in [-0.1, -0.05) is 35.9 Å². The number of nitrogens with one attached hydrogen (secondary N) is 1. The number of fused-ring (bicyclic) bond motifs is 1. The van der Waals surface area contributed by atoms with E-state index in [0.717, 1.165) is 18.4 Å². The third-order valence-electron chi connectivity index (χ3n) is 4.82. The zero-order valence-electron chi connectivity index (χ0n) is 14.1. The predicted molar refractivity (Wildman–Crippen MR) is 99.7 cm³/mol. The molecule has 26 heavy (non-hydrogen) atoms. The summed E-state index contributed by atoms with van der Waals surface area (Å²) in [6.45, 7) is 0.710. The van der Waals surface area contributed by atoms with E-state index < -0.39 is 10.0 Å². The fourth-order valence-electron chi connectivity index (χ4n) is 3.15. The Kier molecular flexibility index (Phi) is 4.50. The SMILES string of the molecule is O=C(NC1CC1)c1ccc(Cl)c(S(=O)(=O)N2CCc3ccccc3C2)c1. The molecular formula is C19H19ClN2O3S. The lowest BCUT2D eigenvalue weighted by Crippen LogP contribution is -2.36. The van der Waals surface area contributed by atoms with Crippen molar-refractivity contribution in [2.75, 3.05) is 6.54 Å². The third-order valence-corrected chi connectivity index (χ3v) is 7.15. The summed E-state index contributed by atoms with van der Waals surface area (Å²) < 4.78 is 27.7. The molecule has 1 fully saturated rings. The molecule has 1 aliphatic carbocycles. The van der Waals surface area contributed by atoms with Gasteiger partial charge in [0.15, 0.2) is 0 Å². The molecule has 5 nitrogen and oxygen atoms in total. The van der Waals surface area contributed by atoms with Crippen molar-refractivity contribution in [2.24, 2.45) is 0 Å². The van der Waals surface area contributed by atoms with Gasteiger partial charge >= 0.3 is 0 Å². The molecule has 0 unspecified atom stereocenters. The highest BCUT2D eigenvalue weighted by molar-refractivity contribution is 7.89. The molecule has 2 aliphatic rings. The average molecular weight is 391 g/mol. The number of hydrogen-bond acceptors (Lipinski definition) is 3. The Bertz CT molecular complexity index is 970. The molecule has 0 aromatic heterocycles. The Morgan fingerprint density at radius 1 is 1.12 bits per heavy atom. The van der Waals surface area contributed by atoms with E-state index in [0.29, 0.717) is 25.1 Å². The third kappa shape index (κ3) is 3.37. The second kappa shape index (κ2) is 6.68. The van der Waals surface area contributed by atoms with E-state index in [-0.39, 0.29) is 21.9 Å². The first-order valence-corrected chi connectivity index (χ1v) is 10.4. The Morgan fingerprint density at radius 2 is 1.85 bits per heavy atom. The number of hydrogen-bond donors (Lipinski definition) is 1. The van der Waals surface area contributed by atoms with E-state index in [2.05, 4.69) is 5.32 Å². The molecule has 0 spiro atoms. The van der Waals surface area contributed by atoms with E-state index >= 15 is 0 Å². The largest absolute Gasteiger partial charge is 0.349 e. The van der Waals surface area contributed by atoms with Crippen LogP contribution in [0, 0.1) is 0 Å². The second-order valence-electron chi connectivity index (χ2n) is 6.75. The number of carbonyl (C=O) groups excluding carboxylic acids is 1. The zero-order chi connectivity index (χ0) is 18.3. The van der Waals surface area contributed by atoms with E-state index in [1.54, 1.807) is 6.07 Å². The number of benzene rings is 2. The molecule has 7 heteroatoms. The summed E-state index contributed by atoms with van der Waals surface area (Å²) in [4.78, 5) is 12.3. The van der Waals surface area contributed by atoms with Gasteiger partial charge in [-0.3, -0.25) is 4.79 Å². The maximum absolute atomic E-state index is 13.1. The topological polar surface area (TPSA) is 66.5 Å². The van der Waals surface area contributed by atoms with Crippen molar-refractivity contribution in [3.63, 3.8) is 0 Å². The molecule has 1 saturated carbocycles. The first kappa shape index (κ1) is 17.5. The molecule has 4 rings (SSSR count). The number of halogens is 1. The summed E-state index contributed by atoms with van der Waals surface area (Å²) in [7, 11) is -3.78. The molecule has 1 heterocycles. The Balaban J connectivity index is 1.64. The van der Waals surface area contributed by atoms with Gasteiger partial charge in [0.2, 0.25) is 10.0 Å². The van der Waals surface area contributed by atoms with Gasteiger partial charge in [0.05, 0.1) is 5.02 Å². The van der Waals surface area contributed by atoms with Crippen molar-refractivity contribution in [2.45, 2.75) is 36.7 Å². The van der Waals surface area contributed by atoms with Crippen molar-refractivity contribution in [3.8, 4) is 0 Å². The standard InChI is InChI=1S/C19H19ClN2O3S/c20-17-8-5-14(19(23)21-16-6-7-16)11-18(17)26(24,25)22-10-9-13-3-1-2-4-15(13)12-22/h1-5,8,11,16H,6-7,9-10,12H2,(H,21,23). The molecule has 0 saturated heterocycles. The van der Waals surface area contributed by atoms with Crippen LogP contribution in [-0.4, -0.2) is 31.2 Å². The van der Waals surface area contributed by atoms with Crippen molar-refractivity contribution in [1.29, 1.82) is 0 Å². The lowest BCUT2D eigenvalue weighted by Gasteiger charge is -2.28. The fourth-order valence-corrected chi connectivity index (χ4v) is 5.07. The summed E-state index contributed by atoms with van der Waals surface area (Å²) in [5.41, 5.74) is 2.49. The minimum atomic E-state index is -3.78. The summed E-state index contributed by atoms with van der Waals surface area (Å²) >= 11 is 6.19. The van der Waals surface area contributed by atoms with Crippen LogP contribution in [-0.2, 0) is 23.0 Å². The number of rotatable bonds is 4. The molecule has 0 radical (unpaired) electrons. The summed E-state index contributed by atoms with van der Waals surface area (Å²) in [6.07, 6.45) is 2.60. The highest BCUT2D eigenvalue weighted by atomic mass is 35.5. The van der Waals surface area contributed by atoms with Crippen LogP contribution < -0.4 is 5.32 Å². The Morgan fingerprint density at radius 3 is 2.58 bits per heavy atom. The highest BCUT2D eigenvalue weighted by Gasteiger charge is 2.31. The van der Waals surface area contributed by atoms with Gasteiger partial charge in [0.25, 0.3) is 5.91 Å². The minimum Gasteiger partial charge on any atom is -0.349 e. The van der Waals surface area contributed by atoms with Crippen molar-refractivity contribution in [1.82, 2.24) is 9.62 Å². The van der Waals surface area contributed by atoms with Crippen LogP contribution in [0.5, 0.6) is 0 Å². The molecule has 2 aromatic carbocycles. The minimum absolute atomic E-state index is 0.0120. The summed E-state index contributed by atoms with van der Waals surface area (Å²) in [5.74, 6) is -0.260. The van der Waals surface area contributed by atoms with Crippen LogP contribution in [0.15, 0.2) is 47.4 Å². The van der Waals surface area contributed by atoms with E-state index in [9.17, 15) is 13.2 Å². The number of carbonyl (C=O) groups is 1. The zero-order valence-corrected chi connectivity index (χ0v) is 15.7. The van der Waals surface area contributed by atoms with E-state index in [4.69, 9.17) is 11.6 Å². The lowest BCUT2D eigenvalue weighted by atomic mass is 10.0. The van der Waals surface area contributed by atoms with Crippen LogP contribution in [0.2, 0.25) is 5.02 Å². The van der Waals surface area contributed by atoms with Crippen LogP contribution >= 0.6 is 11.6 Å². The van der Waals surface area contributed by atoms with Crippen LogP contribution in [0.1, 0.15) is 34.3 Å². The molecule has 0 bridgehead atoms. The van der Waals surface area contributed by atoms with Crippen LogP contribution in [0.4, 0.5) is 0 Å². The Hall–Kier alpha value is -1.89.